The Morgan fingerprint density at radius 1 is 1.00 bits per heavy atom. The van der Waals surface area contributed by atoms with Gasteiger partial charge in [-0.3, -0.25) is 0 Å². The minimum atomic E-state index is -0.611. The zero-order chi connectivity index (χ0) is 16.8. The van der Waals surface area contributed by atoms with Crippen molar-refractivity contribution in [3.05, 3.63) is 42.0 Å². The van der Waals surface area contributed by atoms with Crippen molar-refractivity contribution < 1.29 is 18.8 Å². The molecule has 1 fully saturated rings. The first kappa shape index (κ1) is 16.0. The average molecular weight is 312 g/mol. The lowest BCUT2D eigenvalue weighted by Crippen LogP contribution is -2.41. The van der Waals surface area contributed by atoms with Crippen LogP contribution in [0.2, 0.25) is 0 Å². The summed E-state index contributed by atoms with van der Waals surface area (Å²) in [6.07, 6.45) is 0. The lowest BCUT2D eigenvalue weighted by Gasteiger charge is -2.32. The first-order valence-electron chi connectivity index (χ1n) is 7.72. The summed E-state index contributed by atoms with van der Waals surface area (Å²) >= 11 is 0. The lowest BCUT2D eigenvalue weighted by atomic mass is 9.73. The minimum Gasteiger partial charge on any atom is -0.465 e. The summed E-state index contributed by atoms with van der Waals surface area (Å²) < 4.78 is 17.3. The molecule has 2 aromatic rings. The molecule has 1 saturated heterocycles. The van der Waals surface area contributed by atoms with Gasteiger partial charge in [0, 0.05) is 5.46 Å². The van der Waals surface area contributed by atoms with E-state index in [-0.39, 0.29) is 5.97 Å². The van der Waals surface area contributed by atoms with E-state index in [1.807, 2.05) is 58.0 Å². The Balaban J connectivity index is 2.21. The van der Waals surface area contributed by atoms with Gasteiger partial charge in [-0.05, 0) is 44.5 Å². The van der Waals surface area contributed by atoms with E-state index in [4.69, 9.17) is 14.0 Å². The van der Waals surface area contributed by atoms with E-state index in [2.05, 4.69) is 0 Å². The van der Waals surface area contributed by atoms with Gasteiger partial charge in [-0.2, -0.15) is 0 Å². The molecule has 0 aromatic heterocycles. The fraction of sp³-hybridized carbons (Fsp3) is 0.389. The normalized spacial score (nSPS) is 19.1. The Morgan fingerprint density at radius 3 is 2.22 bits per heavy atom. The summed E-state index contributed by atoms with van der Waals surface area (Å²) in [5, 5.41) is 1.97. The van der Waals surface area contributed by atoms with Crippen LogP contribution in [0.4, 0.5) is 0 Å². The Bertz CT molecular complexity index is 751. The highest BCUT2D eigenvalue weighted by molar-refractivity contribution is 6.66. The highest BCUT2D eigenvalue weighted by Crippen LogP contribution is 2.37. The number of esters is 1. The first-order valence-corrected chi connectivity index (χ1v) is 7.72. The fourth-order valence-electron chi connectivity index (χ4n) is 2.80. The van der Waals surface area contributed by atoms with Gasteiger partial charge >= 0.3 is 13.1 Å². The molecule has 0 saturated carbocycles. The Kier molecular flexibility index (Phi) is 3.73. The van der Waals surface area contributed by atoms with Crippen LogP contribution in [0.25, 0.3) is 10.8 Å². The molecule has 23 heavy (non-hydrogen) atoms. The van der Waals surface area contributed by atoms with Crippen molar-refractivity contribution in [3.8, 4) is 0 Å². The number of carbonyl (C=O) groups is 1. The van der Waals surface area contributed by atoms with E-state index in [1.165, 1.54) is 7.11 Å². The molecule has 0 spiro atoms. The average Bonchev–Trinajstić information content (AvgIpc) is 2.73. The van der Waals surface area contributed by atoms with Gasteiger partial charge in [-0.1, -0.05) is 30.3 Å². The van der Waals surface area contributed by atoms with Crippen molar-refractivity contribution >= 4 is 29.3 Å². The molecule has 3 rings (SSSR count). The Labute approximate surface area is 136 Å². The van der Waals surface area contributed by atoms with Crippen molar-refractivity contribution in [1.29, 1.82) is 0 Å². The van der Waals surface area contributed by atoms with E-state index in [0.717, 1.165) is 16.2 Å². The van der Waals surface area contributed by atoms with Gasteiger partial charge in [0.15, 0.2) is 0 Å². The molecule has 1 heterocycles. The summed E-state index contributed by atoms with van der Waals surface area (Å²) in [6, 6.07) is 11.6. The van der Waals surface area contributed by atoms with Crippen LogP contribution in [0.15, 0.2) is 36.4 Å². The monoisotopic (exact) mass is 312 g/mol. The number of ether oxygens (including phenoxy) is 1. The zero-order valence-electron chi connectivity index (χ0n) is 14.2. The van der Waals surface area contributed by atoms with Gasteiger partial charge in [0.2, 0.25) is 0 Å². The molecule has 120 valence electrons. The van der Waals surface area contributed by atoms with E-state index in [0.29, 0.717) is 5.56 Å². The number of fused-ring (bicyclic) bond motifs is 1. The molecule has 2 aromatic carbocycles. The zero-order valence-corrected chi connectivity index (χ0v) is 14.2. The third-order valence-corrected chi connectivity index (χ3v) is 4.86. The third kappa shape index (κ3) is 2.54. The van der Waals surface area contributed by atoms with Crippen LogP contribution in [0.3, 0.4) is 0 Å². The van der Waals surface area contributed by atoms with E-state index >= 15 is 0 Å². The third-order valence-electron chi connectivity index (χ3n) is 4.86. The maximum Gasteiger partial charge on any atom is 0.496 e. The number of hydrogen-bond acceptors (Lipinski definition) is 4. The number of carbonyl (C=O) groups excluding carboxylic acids is 1. The van der Waals surface area contributed by atoms with Gasteiger partial charge in [-0.15, -0.1) is 0 Å². The summed E-state index contributed by atoms with van der Waals surface area (Å²) in [5.74, 6) is -0.388. The van der Waals surface area contributed by atoms with Crippen LogP contribution in [0.5, 0.6) is 0 Å². The highest BCUT2D eigenvalue weighted by Gasteiger charge is 2.53. The van der Waals surface area contributed by atoms with Gasteiger partial charge < -0.3 is 14.0 Å². The molecule has 0 atom stereocenters. The molecule has 1 aliphatic heterocycles. The number of benzene rings is 2. The molecule has 0 aliphatic carbocycles. The van der Waals surface area contributed by atoms with Crippen molar-refractivity contribution in [2.75, 3.05) is 7.11 Å². The standard InChI is InChI=1S/C18H21BO4/c1-17(2)18(3,4)23-19(22-17)15-13-9-7-6-8-12(13)10-11-14(15)16(20)21-5/h6-11H,1-5H3. The summed E-state index contributed by atoms with van der Waals surface area (Å²) in [6.45, 7) is 7.98. The smallest absolute Gasteiger partial charge is 0.465 e. The highest BCUT2D eigenvalue weighted by atomic mass is 16.7. The molecule has 0 radical (unpaired) electrons. The largest absolute Gasteiger partial charge is 0.496 e. The topological polar surface area (TPSA) is 44.8 Å². The van der Waals surface area contributed by atoms with Gasteiger partial charge in [-0.25, -0.2) is 4.79 Å². The van der Waals surface area contributed by atoms with Gasteiger partial charge in [0.25, 0.3) is 0 Å². The number of hydrogen-bond donors (Lipinski definition) is 0. The maximum atomic E-state index is 12.2. The van der Waals surface area contributed by atoms with Crippen molar-refractivity contribution in [2.45, 2.75) is 38.9 Å². The molecule has 0 amide bonds. The lowest BCUT2D eigenvalue weighted by molar-refractivity contribution is 0.00578. The quantitative estimate of drug-likeness (QED) is 0.632. The first-order chi connectivity index (χ1) is 10.8. The van der Waals surface area contributed by atoms with E-state index < -0.39 is 18.3 Å². The predicted molar refractivity (Wildman–Crippen MR) is 91.0 cm³/mol. The maximum absolute atomic E-state index is 12.2. The molecule has 0 N–H and O–H groups in total. The molecular weight excluding hydrogens is 291 g/mol. The molecule has 0 bridgehead atoms. The van der Waals surface area contributed by atoms with Crippen LogP contribution in [0, 0.1) is 0 Å². The van der Waals surface area contributed by atoms with Gasteiger partial charge in [0.05, 0.1) is 23.9 Å². The predicted octanol–water partition coefficient (Wildman–Crippen LogP) is 2.93. The molecular formula is C18H21BO4. The van der Waals surface area contributed by atoms with Crippen LogP contribution in [-0.2, 0) is 14.0 Å². The SMILES string of the molecule is COC(=O)c1ccc2ccccc2c1B1OC(C)(C)C(C)(C)O1. The van der Waals surface area contributed by atoms with Crippen molar-refractivity contribution in [1.82, 2.24) is 0 Å². The Hall–Kier alpha value is -1.85. The van der Waals surface area contributed by atoms with Crippen LogP contribution in [-0.4, -0.2) is 31.4 Å². The summed E-state index contributed by atoms with van der Waals surface area (Å²) in [5.41, 5.74) is 0.266. The second-order valence-corrected chi connectivity index (χ2v) is 6.83. The van der Waals surface area contributed by atoms with Crippen LogP contribution in [0.1, 0.15) is 38.1 Å². The summed E-state index contributed by atoms with van der Waals surface area (Å²) in [7, 11) is 0.770. The number of rotatable bonds is 2. The van der Waals surface area contributed by atoms with Gasteiger partial charge in [0.1, 0.15) is 0 Å². The Morgan fingerprint density at radius 2 is 1.61 bits per heavy atom. The second kappa shape index (κ2) is 5.36. The summed E-state index contributed by atoms with van der Waals surface area (Å²) in [4.78, 5) is 12.2. The minimum absolute atomic E-state index is 0.388. The van der Waals surface area contributed by atoms with Crippen LogP contribution < -0.4 is 5.46 Å². The van der Waals surface area contributed by atoms with E-state index in [9.17, 15) is 4.79 Å². The van der Waals surface area contributed by atoms with E-state index in [1.54, 1.807) is 6.07 Å². The molecule has 4 nitrogen and oxygen atoms in total. The van der Waals surface area contributed by atoms with Crippen LogP contribution >= 0.6 is 0 Å². The number of methoxy groups -OCH3 is 1. The van der Waals surface area contributed by atoms with Crippen molar-refractivity contribution in [2.24, 2.45) is 0 Å². The second-order valence-electron chi connectivity index (χ2n) is 6.83. The van der Waals surface area contributed by atoms with Crippen molar-refractivity contribution in [3.63, 3.8) is 0 Å². The molecule has 5 heteroatoms. The fourth-order valence-corrected chi connectivity index (χ4v) is 2.80. The molecule has 0 unspecified atom stereocenters. The molecule has 1 aliphatic rings.